The summed E-state index contributed by atoms with van der Waals surface area (Å²) < 4.78 is 0. The highest BCUT2D eigenvalue weighted by molar-refractivity contribution is 5.85. The number of carbonyl (C=O) groups is 1. The van der Waals surface area contributed by atoms with E-state index in [0.717, 1.165) is 6.29 Å². The second-order valence-electron chi connectivity index (χ2n) is 4.37. The van der Waals surface area contributed by atoms with Crippen molar-refractivity contribution >= 4 is 12.5 Å². The van der Waals surface area contributed by atoms with E-state index in [-0.39, 0.29) is 5.54 Å². The van der Waals surface area contributed by atoms with Crippen LogP contribution in [0.1, 0.15) is 34.6 Å². The molecule has 0 aliphatic rings. The van der Waals surface area contributed by atoms with Crippen LogP contribution >= 0.6 is 0 Å². The van der Waals surface area contributed by atoms with Crippen LogP contribution < -0.4 is 0 Å². The zero-order valence-electron chi connectivity index (χ0n) is 8.01. The minimum atomic E-state index is -0.423. The maximum absolute atomic E-state index is 10.5. The molecule has 0 aliphatic carbocycles. The summed E-state index contributed by atoms with van der Waals surface area (Å²) in [6.45, 7) is 9.70. The number of aliphatic imine (C=N–C) groups is 1. The Morgan fingerprint density at radius 1 is 1.09 bits per heavy atom. The van der Waals surface area contributed by atoms with Crippen molar-refractivity contribution in [3.63, 3.8) is 0 Å². The third-order valence-corrected chi connectivity index (χ3v) is 1.09. The van der Waals surface area contributed by atoms with Crippen LogP contribution in [0.5, 0.6) is 0 Å². The Hall–Kier alpha value is -0.660. The van der Waals surface area contributed by atoms with Crippen molar-refractivity contribution < 1.29 is 4.79 Å². The van der Waals surface area contributed by atoms with Gasteiger partial charge in [-0.05, 0) is 34.6 Å². The minimum absolute atomic E-state index is 0.0831. The van der Waals surface area contributed by atoms with Gasteiger partial charge in [0.15, 0.2) is 0 Å². The Labute approximate surface area is 68.7 Å². The Morgan fingerprint density at radius 2 is 1.55 bits per heavy atom. The van der Waals surface area contributed by atoms with E-state index in [9.17, 15) is 4.79 Å². The predicted octanol–water partition coefficient (Wildman–Crippen LogP) is 2.08. The summed E-state index contributed by atoms with van der Waals surface area (Å²) in [6, 6.07) is 0. The molecule has 2 nitrogen and oxygen atoms in total. The highest BCUT2D eigenvalue weighted by Gasteiger charge is 2.14. The molecule has 0 unspecified atom stereocenters. The van der Waals surface area contributed by atoms with Crippen molar-refractivity contribution in [3.05, 3.63) is 0 Å². The largest absolute Gasteiger partial charge is 0.302 e. The van der Waals surface area contributed by atoms with Crippen molar-refractivity contribution in [3.8, 4) is 0 Å². The van der Waals surface area contributed by atoms with Crippen molar-refractivity contribution in [2.75, 3.05) is 0 Å². The molecule has 11 heavy (non-hydrogen) atoms. The van der Waals surface area contributed by atoms with Gasteiger partial charge in [-0.25, -0.2) is 0 Å². The van der Waals surface area contributed by atoms with Gasteiger partial charge < -0.3 is 4.79 Å². The molecule has 0 aromatic carbocycles. The van der Waals surface area contributed by atoms with E-state index in [1.165, 1.54) is 0 Å². The first kappa shape index (κ1) is 10.3. The smallest absolute Gasteiger partial charge is 0.130 e. The van der Waals surface area contributed by atoms with Gasteiger partial charge >= 0.3 is 0 Å². The first-order valence-electron chi connectivity index (χ1n) is 3.79. The second kappa shape index (κ2) is 3.16. The number of nitrogens with zero attached hydrogens (tertiary/aromatic N) is 1. The number of carbonyl (C=O) groups excluding carboxylic acids is 1. The van der Waals surface area contributed by atoms with Gasteiger partial charge in [0, 0.05) is 6.21 Å². The topological polar surface area (TPSA) is 29.4 Å². The van der Waals surface area contributed by atoms with Crippen molar-refractivity contribution in [2.45, 2.75) is 40.2 Å². The highest BCUT2D eigenvalue weighted by atomic mass is 16.1. The molecule has 0 amide bonds. The van der Waals surface area contributed by atoms with Gasteiger partial charge in [-0.1, -0.05) is 0 Å². The fourth-order valence-electron chi connectivity index (χ4n) is 0.390. The molecule has 0 heterocycles. The van der Waals surface area contributed by atoms with E-state index in [4.69, 9.17) is 0 Å². The summed E-state index contributed by atoms with van der Waals surface area (Å²) in [5.74, 6) is 0. The Bertz CT molecular complexity index is 163. The molecule has 0 N–H and O–H groups in total. The molecular formula is C9H17NO. The zero-order chi connectivity index (χ0) is 9.12. The van der Waals surface area contributed by atoms with E-state index in [2.05, 4.69) is 4.99 Å². The standard InChI is InChI=1S/C9H17NO/c1-8(2,3)10-6-9(4,5)7-11/h6-7H,1-5H3. The van der Waals surface area contributed by atoms with E-state index in [0.29, 0.717) is 0 Å². The number of hydrogen-bond donors (Lipinski definition) is 0. The van der Waals surface area contributed by atoms with Crippen LogP contribution in [-0.2, 0) is 4.79 Å². The molecule has 64 valence electrons. The zero-order valence-corrected chi connectivity index (χ0v) is 8.01. The summed E-state index contributed by atoms with van der Waals surface area (Å²) in [5, 5.41) is 0. The lowest BCUT2D eigenvalue weighted by Crippen LogP contribution is -2.19. The summed E-state index contributed by atoms with van der Waals surface area (Å²) in [6.07, 6.45) is 2.61. The van der Waals surface area contributed by atoms with Crippen LogP contribution in [0, 0.1) is 5.41 Å². The third-order valence-electron chi connectivity index (χ3n) is 1.09. The molecule has 0 saturated carbocycles. The average molecular weight is 155 g/mol. The fraction of sp³-hybridized carbons (Fsp3) is 0.778. The molecule has 0 bridgehead atoms. The summed E-state index contributed by atoms with van der Waals surface area (Å²) >= 11 is 0. The normalized spacial score (nSPS) is 13.9. The fourth-order valence-corrected chi connectivity index (χ4v) is 0.390. The van der Waals surface area contributed by atoms with Gasteiger partial charge in [0.2, 0.25) is 0 Å². The maximum Gasteiger partial charge on any atom is 0.130 e. The second-order valence-corrected chi connectivity index (χ2v) is 4.37. The molecule has 0 aromatic rings. The van der Waals surface area contributed by atoms with Crippen LogP contribution in [0.25, 0.3) is 0 Å². The van der Waals surface area contributed by atoms with Crippen molar-refractivity contribution in [1.82, 2.24) is 0 Å². The van der Waals surface area contributed by atoms with Crippen LogP contribution in [-0.4, -0.2) is 18.0 Å². The average Bonchev–Trinajstić information content (AvgIpc) is 1.83. The first-order valence-corrected chi connectivity index (χ1v) is 3.79. The summed E-state index contributed by atoms with van der Waals surface area (Å²) in [5.41, 5.74) is -0.506. The monoisotopic (exact) mass is 155 g/mol. The highest BCUT2D eigenvalue weighted by Crippen LogP contribution is 2.11. The lowest BCUT2D eigenvalue weighted by Gasteiger charge is -2.15. The van der Waals surface area contributed by atoms with Gasteiger partial charge in [-0.2, -0.15) is 0 Å². The Balaban J connectivity index is 4.24. The Morgan fingerprint density at radius 3 is 1.82 bits per heavy atom. The summed E-state index contributed by atoms with van der Waals surface area (Å²) in [4.78, 5) is 14.7. The van der Waals surface area contributed by atoms with Gasteiger partial charge in [0.1, 0.15) is 6.29 Å². The molecule has 0 radical (unpaired) electrons. The molecule has 0 saturated heterocycles. The molecule has 0 fully saturated rings. The van der Waals surface area contributed by atoms with Crippen LogP contribution in [0.2, 0.25) is 0 Å². The molecule has 0 rings (SSSR count). The van der Waals surface area contributed by atoms with Gasteiger partial charge in [-0.3, -0.25) is 4.99 Å². The van der Waals surface area contributed by atoms with Crippen molar-refractivity contribution in [1.29, 1.82) is 0 Å². The molecular weight excluding hydrogens is 138 g/mol. The molecule has 2 heteroatoms. The van der Waals surface area contributed by atoms with Crippen molar-refractivity contribution in [2.24, 2.45) is 10.4 Å². The molecule has 0 spiro atoms. The van der Waals surface area contributed by atoms with Gasteiger partial charge in [0.05, 0.1) is 11.0 Å². The van der Waals surface area contributed by atoms with E-state index in [1.807, 2.05) is 34.6 Å². The maximum atomic E-state index is 10.5. The van der Waals surface area contributed by atoms with Gasteiger partial charge in [0.25, 0.3) is 0 Å². The molecule has 0 aromatic heterocycles. The lowest BCUT2D eigenvalue weighted by atomic mass is 9.97. The van der Waals surface area contributed by atoms with E-state index >= 15 is 0 Å². The SMILES string of the molecule is CC(C)(C=O)C=NC(C)(C)C. The van der Waals surface area contributed by atoms with Crippen LogP contribution in [0.15, 0.2) is 4.99 Å². The van der Waals surface area contributed by atoms with Crippen LogP contribution in [0.4, 0.5) is 0 Å². The molecule has 0 atom stereocenters. The van der Waals surface area contributed by atoms with E-state index < -0.39 is 5.41 Å². The lowest BCUT2D eigenvalue weighted by molar-refractivity contribution is -0.111. The van der Waals surface area contributed by atoms with Gasteiger partial charge in [-0.15, -0.1) is 0 Å². The predicted molar refractivity (Wildman–Crippen MR) is 48.1 cm³/mol. The summed E-state index contributed by atoms with van der Waals surface area (Å²) in [7, 11) is 0. The minimum Gasteiger partial charge on any atom is -0.302 e. The van der Waals surface area contributed by atoms with E-state index in [1.54, 1.807) is 6.21 Å². The first-order chi connectivity index (χ1) is 4.77. The number of hydrogen-bond acceptors (Lipinski definition) is 2. The van der Waals surface area contributed by atoms with Crippen LogP contribution in [0.3, 0.4) is 0 Å². The number of aldehydes is 1. The third kappa shape index (κ3) is 5.77. The molecule has 0 aliphatic heterocycles. The quantitative estimate of drug-likeness (QED) is 0.443. The Kier molecular flexibility index (Phi) is 2.97. The number of rotatable bonds is 2.